The molecule has 1 rings (SSSR count). The second-order valence-electron chi connectivity index (χ2n) is 5.08. The van der Waals surface area contributed by atoms with Crippen molar-refractivity contribution in [2.24, 2.45) is 0 Å². The first-order chi connectivity index (χ1) is 7.83. The Bertz CT molecular complexity index is 375. The van der Waals surface area contributed by atoms with Crippen LogP contribution in [0.25, 0.3) is 0 Å². The minimum atomic E-state index is -0.939. The monoisotopic (exact) mass is 237 g/mol. The number of nitrogens with zero attached hydrogens (tertiary/aromatic N) is 1. The Balaban J connectivity index is 2.77. The molecule has 0 aromatic carbocycles. The van der Waals surface area contributed by atoms with E-state index in [1.54, 1.807) is 13.1 Å². The van der Waals surface area contributed by atoms with Gasteiger partial charge >= 0.3 is 0 Å². The molecule has 1 atom stereocenters. The van der Waals surface area contributed by atoms with Crippen LogP contribution in [0.5, 0.6) is 0 Å². The Morgan fingerprint density at radius 1 is 1.53 bits per heavy atom. The minimum absolute atomic E-state index is 0.408. The fourth-order valence-corrected chi connectivity index (χ4v) is 1.75. The van der Waals surface area contributed by atoms with E-state index in [-0.39, 0.29) is 0 Å². The number of nitrogens with one attached hydrogen (secondary N) is 1. The maximum atomic E-state index is 10.4. The van der Waals surface area contributed by atoms with Gasteiger partial charge in [-0.1, -0.05) is 13.8 Å². The molecule has 1 aromatic heterocycles. The molecular formula is C13H23N3O. The first kappa shape index (κ1) is 13.9. The number of rotatable bonds is 5. The lowest BCUT2D eigenvalue weighted by Gasteiger charge is -2.25. The molecule has 4 heteroatoms. The minimum Gasteiger partial charge on any atom is -0.385 e. The van der Waals surface area contributed by atoms with Gasteiger partial charge in [0.15, 0.2) is 0 Å². The maximum absolute atomic E-state index is 10.4. The molecule has 0 aliphatic carbocycles. The molecule has 0 saturated carbocycles. The van der Waals surface area contributed by atoms with Gasteiger partial charge in [0, 0.05) is 17.8 Å². The molecule has 1 aromatic rings. The lowest BCUT2D eigenvalue weighted by molar-refractivity contribution is 0.0480. The molecular weight excluding hydrogens is 214 g/mol. The summed E-state index contributed by atoms with van der Waals surface area (Å²) in [5, 5.41) is 13.7. The van der Waals surface area contributed by atoms with Crippen LogP contribution in [0.15, 0.2) is 12.3 Å². The van der Waals surface area contributed by atoms with E-state index in [1.165, 1.54) is 0 Å². The zero-order valence-electron chi connectivity index (χ0n) is 11.1. The van der Waals surface area contributed by atoms with Gasteiger partial charge in [-0.05, 0) is 38.4 Å². The second-order valence-corrected chi connectivity index (χ2v) is 5.08. The van der Waals surface area contributed by atoms with Crippen molar-refractivity contribution >= 4 is 5.82 Å². The molecule has 0 aliphatic heterocycles. The van der Waals surface area contributed by atoms with Crippen LogP contribution < -0.4 is 11.1 Å². The summed E-state index contributed by atoms with van der Waals surface area (Å²) in [6, 6.07) is 2.32. The van der Waals surface area contributed by atoms with Crippen LogP contribution in [-0.2, 0) is 5.60 Å². The maximum Gasteiger partial charge on any atom is 0.129 e. The molecule has 1 unspecified atom stereocenters. The number of aryl methyl sites for hydroxylation is 1. The van der Waals surface area contributed by atoms with Gasteiger partial charge in [0.25, 0.3) is 0 Å². The predicted molar refractivity (Wildman–Crippen MR) is 70.7 cm³/mol. The Morgan fingerprint density at radius 2 is 2.18 bits per heavy atom. The van der Waals surface area contributed by atoms with E-state index in [0.29, 0.717) is 23.8 Å². The zero-order valence-corrected chi connectivity index (χ0v) is 11.1. The largest absolute Gasteiger partial charge is 0.385 e. The van der Waals surface area contributed by atoms with Crippen molar-refractivity contribution in [3.05, 3.63) is 23.4 Å². The molecule has 0 fully saturated rings. The highest BCUT2D eigenvalue weighted by atomic mass is 16.3. The summed E-state index contributed by atoms with van der Waals surface area (Å²) in [6.45, 7) is 8.63. The number of pyridine rings is 1. The van der Waals surface area contributed by atoms with E-state index >= 15 is 0 Å². The van der Waals surface area contributed by atoms with Gasteiger partial charge in [-0.15, -0.1) is 0 Å². The normalized spacial score (nSPS) is 14.9. The van der Waals surface area contributed by atoms with Gasteiger partial charge in [0.1, 0.15) is 5.82 Å². The number of hydrogen-bond donors (Lipinski definition) is 3. The molecule has 0 spiro atoms. The molecule has 0 aliphatic rings. The third-order valence-corrected chi connectivity index (χ3v) is 2.80. The smallest absolute Gasteiger partial charge is 0.129 e. The van der Waals surface area contributed by atoms with Gasteiger partial charge in [-0.3, -0.25) is 0 Å². The van der Waals surface area contributed by atoms with Crippen LogP contribution in [-0.4, -0.2) is 22.7 Å². The summed E-state index contributed by atoms with van der Waals surface area (Å²) in [6.07, 6.45) is 2.32. The highest BCUT2D eigenvalue weighted by Crippen LogP contribution is 2.28. The average Bonchev–Trinajstić information content (AvgIpc) is 2.20. The Labute approximate surface area is 103 Å². The fraction of sp³-hybridized carbons (Fsp3) is 0.615. The summed E-state index contributed by atoms with van der Waals surface area (Å²) in [5.74, 6) is 0.408. The first-order valence-electron chi connectivity index (χ1n) is 6.01. The highest BCUT2D eigenvalue weighted by Gasteiger charge is 2.25. The predicted octanol–water partition coefficient (Wildman–Crippen LogP) is 1.57. The van der Waals surface area contributed by atoms with Crippen molar-refractivity contribution in [1.29, 1.82) is 0 Å². The number of aliphatic hydroxyl groups is 1. The van der Waals surface area contributed by atoms with Crippen LogP contribution in [0.1, 0.15) is 38.3 Å². The van der Waals surface area contributed by atoms with Crippen LogP contribution in [0.4, 0.5) is 5.82 Å². The Morgan fingerprint density at radius 3 is 2.76 bits per heavy atom. The van der Waals surface area contributed by atoms with Crippen LogP contribution >= 0.6 is 0 Å². The topological polar surface area (TPSA) is 71.2 Å². The highest BCUT2D eigenvalue weighted by molar-refractivity contribution is 5.44. The molecule has 4 N–H and O–H groups in total. The van der Waals surface area contributed by atoms with E-state index in [0.717, 1.165) is 12.1 Å². The van der Waals surface area contributed by atoms with Crippen molar-refractivity contribution in [2.45, 2.75) is 45.8 Å². The van der Waals surface area contributed by atoms with E-state index < -0.39 is 5.60 Å². The fourth-order valence-electron chi connectivity index (χ4n) is 1.75. The van der Waals surface area contributed by atoms with Crippen LogP contribution in [0.3, 0.4) is 0 Å². The molecule has 4 nitrogen and oxygen atoms in total. The zero-order chi connectivity index (χ0) is 13.1. The SMILES string of the molecule is Cc1cnc(N)c(C(C)(O)CCNC(C)C)c1. The van der Waals surface area contributed by atoms with E-state index in [1.807, 2.05) is 13.0 Å². The van der Waals surface area contributed by atoms with E-state index in [2.05, 4.69) is 24.1 Å². The first-order valence-corrected chi connectivity index (χ1v) is 6.01. The summed E-state index contributed by atoms with van der Waals surface area (Å²) in [7, 11) is 0. The average molecular weight is 237 g/mol. The molecule has 1 heterocycles. The Hall–Kier alpha value is -1.13. The van der Waals surface area contributed by atoms with E-state index in [9.17, 15) is 5.11 Å². The lowest BCUT2D eigenvalue weighted by Crippen LogP contribution is -2.32. The van der Waals surface area contributed by atoms with Crippen molar-refractivity contribution in [1.82, 2.24) is 10.3 Å². The molecule has 17 heavy (non-hydrogen) atoms. The number of nitrogen functional groups attached to an aromatic ring is 1. The molecule has 0 radical (unpaired) electrons. The standard InChI is InChI=1S/C13H23N3O/c1-9(2)15-6-5-13(4,17)11-7-10(3)8-16-12(11)14/h7-9,15,17H,5-6H2,1-4H3,(H2,14,16). The van der Waals surface area contributed by atoms with Gasteiger partial charge < -0.3 is 16.2 Å². The summed E-state index contributed by atoms with van der Waals surface area (Å²) < 4.78 is 0. The molecule has 96 valence electrons. The molecule has 0 amide bonds. The van der Waals surface area contributed by atoms with Crippen molar-refractivity contribution in [3.63, 3.8) is 0 Å². The van der Waals surface area contributed by atoms with Gasteiger partial charge in [0.05, 0.1) is 5.60 Å². The second kappa shape index (κ2) is 5.47. The van der Waals surface area contributed by atoms with Crippen LogP contribution in [0.2, 0.25) is 0 Å². The number of aromatic nitrogens is 1. The molecule has 0 bridgehead atoms. The third kappa shape index (κ3) is 3.98. The third-order valence-electron chi connectivity index (χ3n) is 2.80. The molecule has 0 saturated heterocycles. The number of anilines is 1. The summed E-state index contributed by atoms with van der Waals surface area (Å²) >= 11 is 0. The number of hydrogen-bond acceptors (Lipinski definition) is 4. The summed E-state index contributed by atoms with van der Waals surface area (Å²) in [5.41, 5.74) is 6.59. The van der Waals surface area contributed by atoms with Gasteiger partial charge in [-0.2, -0.15) is 0 Å². The van der Waals surface area contributed by atoms with Crippen molar-refractivity contribution in [3.8, 4) is 0 Å². The lowest BCUT2D eigenvalue weighted by atomic mass is 9.92. The van der Waals surface area contributed by atoms with Gasteiger partial charge in [0.2, 0.25) is 0 Å². The van der Waals surface area contributed by atoms with E-state index in [4.69, 9.17) is 5.73 Å². The van der Waals surface area contributed by atoms with Crippen molar-refractivity contribution < 1.29 is 5.11 Å². The Kier molecular flexibility index (Phi) is 4.48. The summed E-state index contributed by atoms with van der Waals surface area (Å²) in [4.78, 5) is 4.09. The quantitative estimate of drug-likeness (QED) is 0.727. The van der Waals surface area contributed by atoms with Crippen molar-refractivity contribution in [2.75, 3.05) is 12.3 Å². The van der Waals surface area contributed by atoms with Gasteiger partial charge in [-0.25, -0.2) is 4.98 Å². The van der Waals surface area contributed by atoms with Crippen LogP contribution in [0, 0.1) is 6.92 Å². The number of nitrogens with two attached hydrogens (primary N) is 1.